The Morgan fingerprint density at radius 3 is 2.00 bits per heavy atom. The second-order valence-electron chi connectivity index (χ2n) is 4.03. The molecule has 0 unspecified atom stereocenters. The molecule has 7 nitrogen and oxygen atoms in total. The molecule has 0 bridgehead atoms. The average Bonchev–Trinajstić information content (AvgIpc) is 2.41. The van der Waals surface area contributed by atoms with Crippen molar-refractivity contribution in [2.24, 2.45) is 0 Å². The van der Waals surface area contributed by atoms with Crippen molar-refractivity contribution in [3.63, 3.8) is 0 Å². The molecule has 100 valence electrons. The van der Waals surface area contributed by atoms with Crippen LogP contribution in [0.2, 0.25) is 0 Å². The monoisotopic (exact) mass is 256 g/mol. The van der Waals surface area contributed by atoms with Gasteiger partial charge in [-0.25, -0.2) is 0 Å². The van der Waals surface area contributed by atoms with E-state index in [1.54, 1.807) is 12.1 Å². The van der Waals surface area contributed by atoms with Crippen LogP contribution in [0.15, 0.2) is 24.3 Å². The highest BCUT2D eigenvalue weighted by molar-refractivity contribution is 5.32. The maximum Gasteiger partial charge on any atom is 0.269 e. The summed E-state index contributed by atoms with van der Waals surface area (Å²) in [6.45, 7) is -0.952. The van der Waals surface area contributed by atoms with Crippen molar-refractivity contribution in [1.82, 2.24) is 5.32 Å². The average molecular weight is 256 g/mol. The van der Waals surface area contributed by atoms with Gasteiger partial charge in [-0.1, -0.05) is 12.1 Å². The maximum absolute atomic E-state index is 10.5. The number of hydrogen-bond acceptors (Lipinski definition) is 6. The van der Waals surface area contributed by atoms with E-state index in [0.29, 0.717) is 0 Å². The van der Waals surface area contributed by atoms with Gasteiger partial charge in [0.2, 0.25) is 0 Å². The molecule has 0 aromatic heterocycles. The molecule has 0 aliphatic rings. The first-order valence-electron chi connectivity index (χ1n) is 5.38. The second kappa shape index (κ2) is 6.41. The van der Waals surface area contributed by atoms with E-state index in [1.807, 2.05) is 0 Å². The molecular formula is C11H16N2O5. The Morgan fingerprint density at radius 1 is 1.11 bits per heavy atom. The molecule has 0 saturated carbocycles. The zero-order valence-corrected chi connectivity index (χ0v) is 9.74. The van der Waals surface area contributed by atoms with Gasteiger partial charge in [0, 0.05) is 18.7 Å². The van der Waals surface area contributed by atoms with Gasteiger partial charge < -0.3 is 20.6 Å². The molecule has 1 aromatic rings. The standard InChI is InChI=1S/C11H16N2O5/c14-6-11(7-15,8-16)12-5-9-1-3-10(4-2-9)13(17)18/h1-4,12,14-16H,5-8H2. The van der Waals surface area contributed by atoms with Crippen molar-refractivity contribution in [3.8, 4) is 0 Å². The van der Waals surface area contributed by atoms with Gasteiger partial charge in [0.1, 0.15) is 0 Å². The normalized spacial score (nSPS) is 11.5. The summed E-state index contributed by atoms with van der Waals surface area (Å²) < 4.78 is 0. The zero-order valence-electron chi connectivity index (χ0n) is 9.74. The number of aliphatic hydroxyl groups excluding tert-OH is 3. The minimum atomic E-state index is -1.15. The minimum Gasteiger partial charge on any atom is -0.394 e. The van der Waals surface area contributed by atoms with Crippen molar-refractivity contribution in [2.45, 2.75) is 12.1 Å². The largest absolute Gasteiger partial charge is 0.394 e. The van der Waals surface area contributed by atoms with E-state index in [4.69, 9.17) is 15.3 Å². The van der Waals surface area contributed by atoms with Crippen LogP contribution in [0.5, 0.6) is 0 Å². The van der Waals surface area contributed by atoms with E-state index < -0.39 is 30.3 Å². The summed E-state index contributed by atoms with van der Waals surface area (Å²) in [6, 6.07) is 5.88. The molecule has 1 aromatic carbocycles. The first kappa shape index (κ1) is 14.5. The summed E-state index contributed by atoms with van der Waals surface area (Å²) in [7, 11) is 0. The van der Waals surface area contributed by atoms with Crippen LogP contribution in [0.3, 0.4) is 0 Å². The van der Waals surface area contributed by atoms with Gasteiger partial charge in [0.15, 0.2) is 0 Å². The van der Waals surface area contributed by atoms with Crippen molar-refractivity contribution in [3.05, 3.63) is 39.9 Å². The Bertz CT molecular complexity index is 381. The number of nitro groups is 1. The molecule has 0 aliphatic carbocycles. The Labute approximate surface area is 104 Å². The smallest absolute Gasteiger partial charge is 0.269 e. The number of hydrogen-bond donors (Lipinski definition) is 4. The quantitative estimate of drug-likeness (QED) is 0.382. The lowest BCUT2D eigenvalue weighted by Gasteiger charge is -2.28. The maximum atomic E-state index is 10.5. The minimum absolute atomic E-state index is 0.00325. The highest BCUT2D eigenvalue weighted by atomic mass is 16.6. The highest BCUT2D eigenvalue weighted by Gasteiger charge is 2.26. The fourth-order valence-corrected chi connectivity index (χ4v) is 1.34. The molecule has 1 rings (SSSR count). The number of non-ortho nitro benzene ring substituents is 1. The van der Waals surface area contributed by atoms with Crippen molar-refractivity contribution in [1.29, 1.82) is 0 Å². The fourth-order valence-electron chi connectivity index (χ4n) is 1.34. The Hall–Kier alpha value is -1.54. The number of nitrogens with zero attached hydrogens (tertiary/aromatic N) is 1. The summed E-state index contributed by atoms with van der Waals surface area (Å²) in [4.78, 5) is 9.97. The highest BCUT2D eigenvalue weighted by Crippen LogP contribution is 2.12. The van der Waals surface area contributed by atoms with Crippen molar-refractivity contribution >= 4 is 5.69 Å². The third kappa shape index (κ3) is 3.47. The number of aliphatic hydroxyl groups is 3. The lowest BCUT2D eigenvalue weighted by Crippen LogP contribution is -2.54. The van der Waals surface area contributed by atoms with Gasteiger partial charge in [0.25, 0.3) is 5.69 Å². The van der Waals surface area contributed by atoms with Crippen LogP contribution in [0.1, 0.15) is 5.56 Å². The lowest BCUT2D eigenvalue weighted by molar-refractivity contribution is -0.384. The van der Waals surface area contributed by atoms with Crippen molar-refractivity contribution < 1.29 is 20.2 Å². The van der Waals surface area contributed by atoms with Crippen LogP contribution in [0.25, 0.3) is 0 Å². The predicted molar refractivity (Wildman–Crippen MR) is 63.9 cm³/mol. The molecule has 0 amide bonds. The van der Waals surface area contributed by atoms with E-state index in [9.17, 15) is 10.1 Å². The molecule has 0 radical (unpaired) electrons. The van der Waals surface area contributed by atoms with Gasteiger partial charge >= 0.3 is 0 Å². The first-order valence-corrected chi connectivity index (χ1v) is 5.38. The number of nitro benzene ring substituents is 1. The Kier molecular flexibility index (Phi) is 5.17. The molecule has 18 heavy (non-hydrogen) atoms. The van der Waals surface area contributed by atoms with Crippen molar-refractivity contribution in [2.75, 3.05) is 19.8 Å². The molecule has 7 heteroatoms. The van der Waals surface area contributed by atoms with Crippen LogP contribution in [0, 0.1) is 10.1 Å². The van der Waals surface area contributed by atoms with Crippen LogP contribution < -0.4 is 5.32 Å². The molecule has 0 atom stereocenters. The first-order chi connectivity index (χ1) is 8.56. The van der Waals surface area contributed by atoms with Crippen LogP contribution in [-0.2, 0) is 6.54 Å². The summed E-state index contributed by atoms with van der Waals surface area (Å²) in [5, 5.41) is 40.6. The summed E-state index contributed by atoms with van der Waals surface area (Å²) in [5.41, 5.74) is -0.404. The van der Waals surface area contributed by atoms with Gasteiger partial charge in [0.05, 0.1) is 30.3 Å². The Balaban J connectivity index is 2.65. The lowest BCUT2D eigenvalue weighted by atomic mass is 10.0. The molecule has 4 N–H and O–H groups in total. The van der Waals surface area contributed by atoms with Crippen LogP contribution >= 0.6 is 0 Å². The predicted octanol–water partition coefficient (Wildman–Crippen LogP) is -0.600. The third-order valence-electron chi connectivity index (χ3n) is 2.72. The van der Waals surface area contributed by atoms with Gasteiger partial charge in [-0.05, 0) is 5.56 Å². The third-order valence-corrected chi connectivity index (χ3v) is 2.72. The van der Waals surface area contributed by atoms with Crippen LogP contribution in [0.4, 0.5) is 5.69 Å². The van der Waals surface area contributed by atoms with Gasteiger partial charge in [-0.3, -0.25) is 10.1 Å². The topological polar surface area (TPSA) is 116 Å². The molecule has 0 heterocycles. The molecule has 0 fully saturated rings. The van der Waals surface area contributed by atoms with E-state index in [1.165, 1.54) is 12.1 Å². The number of benzene rings is 1. The Morgan fingerprint density at radius 2 is 1.61 bits per heavy atom. The van der Waals surface area contributed by atoms with Crippen LogP contribution in [-0.4, -0.2) is 45.6 Å². The number of rotatable bonds is 7. The summed E-state index contributed by atoms with van der Waals surface area (Å²) >= 11 is 0. The molecular weight excluding hydrogens is 240 g/mol. The molecule has 0 spiro atoms. The summed E-state index contributed by atoms with van der Waals surface area (Å²) in [5.74, 6) is 0. The van der Waals surface area contributed by atoms with E-state index in [2.05, 4.69) is 5.32 Å². The number of nitrogens with one attached hydrogen (secondary N) is 1. The van der Waals surface area contributed by atoms with E-state index in [0.717, 1.165) is 5.56 Å². The van der Waals surface area contributed by atoms with Gasteiger partial charge in [-0.2, -0.15) is 0 Å². The zero-order chi connectivity index (χ0) is 13.6. The summed E-state index contributed by atoms with van der Waals surface area (Å²) in [6.07, 6.45) is 0. The van der Waals surface area contributed by atoms with Gasteiger partial charge in [-0.15, -0.1) is 0 Å². The SMILES string of the molecule is O=[N+]([O-])c1ccc(CNC(CO)(CO)CO)cc1. The van der Waals surface area contributed by atoms with E-state index in [-0.39, 0.29) is 12.2 Å². The fraction of sp³-hybridized carbons (Fsp3) is 0.455. The van der Waals surface area contributed by atoms with E-state index >= 15 is 0 Å². The second-order valence-corrected chi connectivity index (χ2v) is 4.03. The molecule has 0 saturated heterocycles. The molecule has 0 aliphatic heterocycles.